The van der Waals surface area contributed by atoms with Crippen molar-refractivity contribution in [3.8, 4) is 11.4 Å². The second-order valence-electron chi connectivity index (χ2n) is 8.37. The molecule has 1 aromatic carbocycles. The number of carbonyl (C=O) groups is 1. The summed E-state index contributed by atoms with van der Waals surface area (Å²) < 4.78 is 14.4. The maximum Gasteiger partial charge on any atom is 0.256 e. The molecule has 1 fully saturated rings. The molecule has 164 valence electrons. The number of halogens is 3. The van der Waals surface area contributed by atoms with E-state index in [0.29, 0.717) is 17.9 Å². The highest BCUT2D eigenvalue weighted by Crippen LogP contribution is 2.47. The van der Waals surface area contributed by atoms with Crippen molar-refractivity contribution in [3.63, 3.8) is 0 Å². The number of fused-ring (bicyclic) bond motifs is 4. The monoisotopic (exact) mass is 471 g/mol. The number of rotatable bonds is 2. The van der Waals surface area contributed by atoms with Gasteiger partial charge in [-0.25, -0.2) is 14.4 Å². The van der Waals surface area contributed by atoms with Crippen molar-refractivity contribution in [2.75, 3.05) is 0 Å². The van der Waals surface area contributed by atoms with Crippen molar-refractivity contribution < 1.29 is 9.18 Å². The lowest BCUT2D eigenvalue weighted by atomic mass is 9.76. The lowest BCUT2D eigenvalue weighted by Crippen LogP contribution is -2.53. The lowest BCUT2D eigenvalue weighted by Gasteiger charge is -2.49. The summed E-state index contributed by atoms with van der Waals surface area (Å²) in [5.74, 6) is -0.328. The molecular weight excluding hydrogens is 452 g/mol. The zero-order valence-electron chi connectivity index (χ0n) is 17.5. The van der Waals surface area contributed by atoms with Gasteiger partial charge in [0.25, 0.3) is 5.91 Å². The van der Waals surface area contributed by atoms with Crippen molar-refractivity contribution in [3.05, 3.63) is 69.2 Å². The Morgan fingerprint density at radius 3 is 2.75 bits per heavy atom. The zero-order valence-corrected chi connectivity index (χ0v) is 19.0. The van der Waals surface area contributed by atoms with E-state index in [2.05, 4.69) is 21.9 Å². The van der Waals surface area contributed by atoms with Gasteiger partial charge in [-0.2, -0.15) is 0 Å². The summed E-state index contributed by atoms with van der Waals surface area (Å²) in [5, 5.41) is -0.362. The number of benzene rings is 1. The van der Waals surface area contributed by atoms with Gasteiger partial charge in [0.15, 0.2) is 5.82 Å². The minimum absolute atomic E-state index is 0.0762. The summed E-state index contributed by atoms with van der Waals surface area (Å²) in [7, 11) is 0. The van der Waals surface area contributed by atoms with Crippen LogP contribution in [0.15, 0.2) is 30.7 Å². The van der Waals surface area contributed by atoms with Crippen LogP contribution in [0.5, 0.6) is 0 Å². The Labute approximate surface area is 194 Å². The molecule has 1 amide bonds. The zero-order chi connectivity index (χ0) is 22.6. The largest absolute Gasteiger partial charge is 0.326 e. The molecule has 2 aliphatic rings. The highest BCUT2D eigenvalue weighted by atomic mass is 35.5. The van der Waals surface area contributed by atoms with Gasteiger partial charge in [-0.15, -0.1) is 0 Å². The number of aryl methyl sites for hydroxylation is 1. The maximum atomic E-state index is 14.4. The van der Waals surface area contributed by atoms with Crippen LogP contribution < -0.4 is 0 Å². The second-order valence-corrected chi connectivity index (χ2v) is 9.15. The van der Waals surface area contributed by atoms with Crippen LogP contribution in [0.2, 0.25) is 10.0 Å². The van der Waals surface area contributed by atoms with Crippen LogP contribution in [0.25, 0.3) is 11.4 Å². The van der Waals surface area contributed by atoms with E-state index in [4.69, 9.17) is 28.2 Å². The predicted molar refractivity (Wildman–Crippen MR) is 119 cm³/mol. The minimum atomic E-state index is -0.780. The van der Waals surface area contributed by atoms with Crippen LogP contribution in [0.1, 0.15) is 53.2 Å². The number of nitrogens with zero attached hydrogens (tertiary/aromatic N) is 5. The fourth-order valence-corrected chi connectivity index (χ4v) is 5.36. The molecule has 2 unspecified atom stereocenters. The third-order valence-electron chi connectivity index (χ3n) is 6.36. The molecule has 5 rings (SSSR count). The van der Waals surface area contributed by atoms with Gasteiger partial charge in [-0.1, -0.05) is 30.1 Å². The van der Waals surface area contributed by atoms with Gasteiger partial charge in [0.1, 0.15) is 11.5 Å². The molecule has 0 N–H and O–H groups in total. The standard InChI is InChI=1S/C23H20Cl2FN5O/c1-11-3-4-13-9-15-20(17-10-27-7-8-28-17)29-12(2)30-21(15)22(11)31(13)23(32)14-5-6-16(24)19(26)18(14)25/h5-8,10-11,13,22H,3-4,9H2,1-2H3/t11?,13-,22?/m0/s1. The van der Waals surface area contributed by atoms with Crippen LogP contribution in [0.4, 0.5) is 4.39 Å². The Kier molecular flexibility index (Phi) is 5.34. The molecule has 2 aromatic heterocycles. The summed E-state index contributed by atoms with van der Waals surface area (Å²) in [6.45, 7) is 3.94. The summed E-state index contributed by atoms with van der Waals surface area (Å²) >= 11 is 12.0. The Morgan fingerprint density at radius 2 is 2.00 bits per heavy atom. The van der Waals surface area contributed by atoms with Crippen molar-refractivity contribution in [2.24, 2.45) is 5.92 Å². The first-order chi connectivity index (χ1) is 15.4. The van der Waals surface area contributed by atoms with Crippen molar-refractivity contribution in [2.45, 2.75) is 45.2 Å². The Balaban J connectivity index is 1.65. The van der Waals surface area contributed by atoms with E-state index in [9.17, 15) is 9.18 Å². The minimum Gasteiger partial charge on any atom is -0.326 e. The van der Waals surface area contributed by atoms with E-state index in [1.807, 2.05) is 11.8 Å². The van der Waals surface area contributed by atoms with Gasteiger partial charge in [-0.3, -0.25) is 14.8 Å². The molecule has 1 saturated heterocycles. The van der Waals surface area contributed by atoms with E-state index in [1.165, 1.54) is 12.1 Å². The van der Waals surface area contributed by atoms with E-state index < -0.39 is 5.82 Å². The molecule has 0 saturated carbocycles. The molecule has 3 atom stereocenters. The molecule has 0 radical (unpaired) electrons. The third-order valence-corrected chi connectivity index (χ3v) is 7.03. The molecule has 9 heteroatoms. The fourth-order valence-electron chi connectivity index (χ4n) is 4.91. The van der Waals surface area contributed by atoms with Crippen LogP contribution in [-0.2, 0) is 6.42 Å². The van der Waals surface area contributed by atoms with Crippen molar-refractivity contribution in [1.29, 1.82) is 0 Å². The molecule has 0 spiro atoms. The van der Waals surface area contributed by atoms with Crippen LogP contribution >= 0.6 is 23.2 Å². The SMILES string of the molecule is Cc1nc(-c2cnccn2)c2c(n1)C1C(C)CC[C@@H](C2)N1C(=O)c1ccc(Cl)c(F)c1Cl. The quantitative estimate of drug-likeness (QED) is 0.478. The first-order valence-corrected chi connectivity index (χ1v) is 11.2. The number of hydrogen-bond donors (Lipinski definition) is 0. The Morgan fingerprint density at radius 1 is 1.19 bits per heavy atom. The van der Waals surface area contributed by atoms with E-state index in [1.54, 1.807) is 18.6 Å². The number of aromatic nitrogens is 4. The highest BCUT2D eigenvalue weighted by molar-refractivity contribution is 6.37. The average Bonchev–Trinajstić information content (AvgIpc) is 2.79. The first-order valence-electron chi connectivity index (χ1n) is 10.5. The van der Waals surface area contributed by atoms with Gasteiger partial charge < -0.3 is 4.90 Å². The van der Waals surface area contributed by atoms with E-state index in [0.717, 1.165) is 29.8 Å². The molecule has 2 bridgehead atoms. The molecule has 4 heterocycles. The van der Waals surface area contributed by atoms with E-state index in [-0.39, 0.29) is 39.5 Å². The summed E-state index contributed by atoms with van der Waals surface area (Å²) in [6.07, 6.45) is 7.32. The van der Waals surface area contributed by atoms with Gasteiger partial charge in [0.2, 0.25) is 0 Å². The molecule has 2 aliphatic heterocycles. The number of piperidine rings is 1. The number of hydrogen-bond acceptors (Lipinski definition) is 5. The topological polar surface area (TPSA) is 71.9 Å². The van der Waals surface area contributed by atoms with Gasteiger partial charge in [0.05, 0.1) is 39.2 Å². The molecule has 3 aromatic rings. The van der Waals surface area contributed by atoms with Crippen LogP contribution in [0, 0.1) is 18.7 Å². The average molecular weight is 472 g/mol. The van der Waals surface area contributed by atoms with Gasteiger partial charge in [0, 0.05) is 24.0 Å². The summed E-state index contributed by atoms with van der Waals surface area (Å²) in [4.78, 5) is 33.6. The predicted octanol–water partition coefficient (Wildman–Crippen LogP) is 5.23. The van der Waals surface area contributed by atoms with Gasteiger partial charge in [-0.05, 0) is 44.2 Å². The normalized spacial score (nSPS) is 21.9. The van der Waals surface area contributed by atoms with Crippen molar-refractivity contribution >= 4 is 29.1 Å². The third kappa shape index (κ3) is 3.35. The van der Waals surface area contributed by atoms with Crippen molar-refractivity contribution in [1.82, 2.24) is 24.8 Å². The molecular formula is C23H20Cl2FN5O. The fraction of sp³-hybridized carbons (Fsp3) is 0.348. The first kappa shape index (κ1) is 21.2. The molecule has 6 nitrogen and oxygen atoms in total. The van der Waals surface area contributed by atoms with E-state index >= 15 is 0 Å². The summed E-state index contributed by atoms with van der Waals surface area (Å²) in [6, 6.07) is 2.51. The molecule has 32 heavy (non-hydrogen) atoms. The number of amides is 1. The Bertz CT molecular complexity index is 1220. The smallest absolute Gasteiger partial charge is 0.256 e. The van der Waals surface area contributed by atoms with Crippen LogP contribution in [0.3, 0.4) is 0 Å². The summed E-state index contributed by atoms with van der Waals surface area (Å²) in [5.41, 5.74) is 3.37. The van der Waals surface area contributed by atoms with Gasteiger partial charge >= 0.3 is 0 Å². The maximum absolute atomic E-state index is 14.4. The lowest BCUT2D eigenvalue weighted by molar-refractivity contribution is 0.0226. The van der Waals surface area contributed by atoms with Crippen LogP contribution in [-0.4, -0.2) is 36.8 Å². The second kappa shape index (κ2) is 8.05. The highest BCUT2D eigenvalue weighted by Gasteiger charge is 2.46. The number of carbonyl (C=O) groups excluding carboxylic acids is 1. The Hall–Kier alpha value is -2.64. The molecule has 0 aliphatic carbocycles.